The first-order valence-corrected chi connectivity index (χ1v) is 7.52. The molecule has 0 aromatic carbocycles. The van der Waals surface area contributed by atoms with Crippen LogP contribution >= 0.6 is 0 Å². The van der Waals surface area contributed by atoms with E-state index in [4.69, 9.17) is 4.74 Å². The van der Waals surface area contributed by atoms with Crippen LogP contribution in [0.2, 0.25) is 0 Å². The Balaban J connectivity index is 1.46. The predicted octanol–water partition coefficient (Wildman–Crippen LogP) is 1.51. The summed E-state index contributed by atoms with van der Waals surface area (Å²) in [5.74, 6) is 1.38. The zero-order valence-electron chi connectivity index (χ0n) is 11.4. The Bertz CT molecular complexity index is 503. The van der Waals surface area contributed by atoms with E-state index in [0.29, 0.717) is 11.5 Å². The number of fused-ring (bicyclic) bond motifs is 2. The molecule has 4 rings (SSSR count). The van der Waals surface area contributed by atoms with Gasteiger partial charge in [0.2, 0.25) is 0 Å². The lowest BCUT2D eigenvalue weighted by atomic mass is 10.1. The van der Waals surface area contributed by atoms with Crippen LogP contribution in [0.15, 0.2) is 18.5 Å². The van der Waals surface area contributed by atoms with E-state index in [1.807, 2.05) is 4.90 Å². The summed E-state index contributed by atoms with van der Waals surface area (Å²) in [4.78, 5) is 14.5. The summed E-state index contributed by atoms with van der Waals surface area (Å²) in [7, 11) is 0. The second-order valence-corrected chi connectivity index (χ2v) is 6.23. The molecule has 1 aromatic heterocycles. The Morgan fingerprint density at radius 2 is 2.20 bits per heavy atom. The molecule has 3 atom stereocenters. The van der Waals surface area contributed by atoms with Crippen LogP contribution in [0.5, 0.6) is 0 Å². The molecule has 5 nitrogen and oxygen atoms in total. The number of carbonyl (C=O) groups is 1. The Morgan fingerprint density at radius 1 is 1.30 bits per heavy atom. The van der Waals surface area contributed by atoms with Crippen molar-refractivity contribution in [2.45, 2.75) is 37.8 Å². The molecule has 0 unspecified atom stereocenters. The van der Waals surface area contributed by atoms with Crippen molar-refractivity contribution in [3.8, 4) is 0 Å². The van der Waals surface area contributed by atoms with Crippen LogP contribution in [0, 0.1) is 11.8 Å². The normalized spacial score (nSPS) is 31.8. The second-order valence-electron chi connectivity index (χ2n) is 6.23. The topological polar surface area (TPSA) is 55.3 Å². The number of rotatable bonds is 4. The highest BCUT2D eigenvalue weighted by Gasteiger charge is 2.49. The molecule has 3 fully saturated rings. The van der Waals surface area contributed by atoms with Gasteiger partial charge in [-0.25, -0.2) is 0 Å². The Kier molecular flexibility index (Phi) is 2.95. The van der Waals surface area contributed by atoms with Gasteiger partial charge in [0.1, 0.15) is 0 Å². The third-order valence-electron chi connectivity index (χ3n) is 4.82. The van der Waals surface area contributed by atoms with Gasteiger partial charge < -0.3 is 9.64 Å². The lowest BCUT2D eigenvalue weighted by Crippen LogP contribution is -2.40. The minimum Gasteiger partial charge on any atom is -0.375 e. The number of ether oxygens (including phenoxy) is 1. The smallest absolute Gasteiger partial charge is 0.255 e. The molecule has 5 heteroatoms. The van der Waals surface area contributed by atoms with Crippen molar-refractivity contribution in [2.24, 2.45) is 11.8 Å². The number of piperidine rings is 1. The van der Waals surface area contributed by atoms with Crippen LogP contribution in [0.4, 0.5) is 0 Å². The van der Waals surface area contributed by atoms with Crippen molar-refractivity contribution in [1.82, 2.24) is 15.1 Å². The molecule has 0 spiro atoms. The molecule has 1 aliphatic heterocycles. The first-order chi connectivity index (χ1) is 9.83. The zero-order valence-corrected chi connectivity index (χ0v) is 11.4. The molecular formula is C15H19N3O2. The molecule has 2 saturated carbocycles. The third kappa shape index (κ3) is 2.10. The summed E-state index contributed by atoms with van der Waals surface area (Å²) in [6, 6.07) is 2.00. The maximum absolute atomic E-state index is 12.5. The second kappa shape index (κ2) is 4.81. The number of likely N-dealkylation sites (tertiary alicyclic amines) is 1. The molecule has 106 valence electrons. The predicted molar refractivity (Wildman–Crippen MR) is 72.0 cm³/mol. The van der Waals surface area contributed by atoms with Gasteiger partial charge in [0.25, 0.3) is 5.91 Å². The monoisotopic (exact) mass is 273 g/mol. The first-order valence-electron chi connectivity index (χ1n) is 7.52. The standard InChI is InChI=1S/C15H19N3O2/c19-15(11-5-6-16-17-7-11)18-8-12-3-4-13(18)14(12)20-9-10-1-2-10/h5-7,10,12-14H,1-4,8-9H2/t12-,13+,14+/m1/s1. The van der Waals surface area contributed by atoms with Gasteiger partial charge in [0, 0.05) is 19.1 Å². The van der Waals surface area contributed by atoms with E-state index in [9.17, 15) is 4.79 Å². The molecular weight excluding hydrogens is 254 g/mol. The summed E-state index contributed by atoms with van der Waals surface area (Å²) < 4.78 is 6.11. The van der Waals surface area contributed by atoms with Gasteiger partial charge in [-0.05, 0) is 37.7 Å². The van der Waals surface area contributed by atoms with Crippen molar-refractivity contribution in [1.29, 1.82) is 0 Å². The quantitative estimate of drug-likeness (QED) is 0.834. The molecule has 2 heterocycles. The summed E-state index contributed by atoms with van der Waals surface area (Å²) >= 11 is 0. The zero-order chi connectivity index (χ0) is 13.5. The number of nitrogens with zero attached hydrogens (tertiary/aromatic N) is 3. The van der Waals surface area contributed by atoms with Crippen molar-refractivity contribution >= 4 is 5.91 Å². The SMILES string of the molecule is O=C(c1ccnnc1)N1C[C@H]2CC[C@H]1[C@H]2OCC1CC1. The number of aromatic nitrogens is 2. The van der Waals surface area contributed by atoms with E-state index < -0.39 is 0 Å². The van der Waals surface area contributed by atoms with Gasteiger partial charge in [-0.15, -0.1) is 0 Å². The molecule has 20 heavy (non-hydrogen) atoms. The lowest BCUT2D eigenvalue weighted by Gasteiger charge is -2.27. The summed E-state index contributed by atoms with van der Waals surface area (Å²) in [6.45, 7) is 1.72. The van der Waals surface area contributed by atoms with Gasteiger partial charge in [-0.1, -0.05) is 0 Å². The summed E-state index contributed by atoms with van der Waals surface area (Å²) in [5, 5.41) is 7.52. The maximum atomic E-state index is 12.5. The van der Waals surface area contributed by atoms with Gasteiger partial charge in [-0.3, -0.25) is 4.79 Å². The lowest BCUT2D eigenvalue weighted by molar-refractivity contribution is 0.0208. The Labute approximate surface area is 118 Å². The van der Waals surface area contributed by atoms with Crippen LogP contribution < -0.4 is 0 Å². The van der Waals surface area contributed by atoms with Crippen molar-refractivity contribution < 1.29 is 9.53 Å². The average molecular weight is 273 g/mol. The number of hydrogen-bond acceptors (Lipinski definition) is 4. The highest BCUT2D eigenvalue weighted by molar-refractivity contribution is 5.94. The summed E-state index contributed by atoms with van der Waals surface area (Å²) in [6.07, 6.45) is 8.27. The van der Waals surface area contributed by atoms with Crippen LogP contribution in [0.25, 0.3) is 0 Å². The van der Waals surface area contributed by atoms with Gasteiger partial charge in [-0.2, -0.15) is 10.2 Å². The number of carbonyl (C=O) groups excluding carboxylic acids is 1. The van der Waals surface area contributed by atoms with Gasteiger partial charge in [0.15, 0.2) is 0 Å². The van der Waals surface area contributed by atoms with Crippen LogP contribution in [-0.2, 0) is 4.74 Å². The van der Waals surface area contributed by atoms with E-state index in [2.05, 4.69) is 10.2 Å². The van der Waals surface area contributed by atoms with Gasteiger partial charge >= 0.3 is 0 Å². The van der Waals surface area contributed by atoms with Gasteiger partial charge in [0.05, 0.1) is 30.1 Å². The van der Waals surface area contributed by atoms with Crippen molar-refractivity contribution in [2.75, 3.05) is 13.2 Å². The molecule has 1 saturated heterocycles. The first kappa shape index (κ1) is 12.3. The molecule has 0 radical (unpaired) electrons. The van der Waals surface area contributed by atoms with Crippen LogP contribution in [-0.4, -0.2) is 46.3 Å². The van der Waals surface area contributed by atoms with Crippen LogP contribution in [0.1, 0.15) is 36.0 Å². The fourth-order valence-electron chi connectivity index (χ4n) is 3.54. The molecule has 1 aromatic rings. The van der Waals surface area contributed by atoms with E-state index in [1.54, 1.807) is 18.5 Å². The molecule has 1 amide bonds. The highest BCUT2D eigenvalue weighted by atomic mass is 16.5. The Hall–Kier alpha value is -1.49. The fourth-order valence-corrected chi connectivity index (χ4v) is 3.54. The molecule has 2 bridgehead atoms. The summed E-state index contributed by atoms with van der Waals surface area (Å²) in [5.41, 5.74) is 0.633. The number of hydrogen-bond donors (Lipinski definition) is 0. The fraction of sp³-hybridized carbons (Fsp3) is 0.667. The third-order valence-corrected chi connectivity index (χ3v) is 4.82. The minimum absolute atomic E-state index is 0.0760. The molecule has 2 aliphatic carbocycles. The maximum Gasteiger partial charge on any atom is 0.255 e. The minimum atomic E-state index is 0.0760. The van der Waals surface area contributed by atoms with E-state index >= 15 is 0 Å². The Morgan fingerprint density at radius 3 is 2.95 bits per heavy atom. The number of amides is 1. The van der Waals surface area contributed by atoms with E-state index in [0.717, 1.165) is 25.5 Å². The van der Waals surface area contributed by atoms with Crippen LogP contribution in [0.3, 0.4) is 0 Å². The molecule has 0 N–H and O–H groups in total. The average Bonchev–Trinajstić information content (AvgIpc) is 3.18. The largest absolute Gasteiger partial charge is 0.375 e. The van der Waals surface area contributed by atoms with Crippen molar-refractivity contribution in [3.05, 3.63) is 24.0 Å². The molecule has 3 aliphatic rings. The van der Waals surface area contributed by atoms with E-state index in [1.165, 1.54) is 19.3 Å². The van der Waals surface area contributed by atoms with E-state index in [-0.39, 0.29) is 18.1 Å². The highest BCUT2D eigenvalue weighted by Crippen LogP contribution is 2.41. The van der Waals surface area contributed by atoms with Crippen molar-refractivity contribution in [3.63, 3.8) is 0 Å².